The first-order valence-corrected chi connectivity index (χ1v) is 8.94. The number of benzene rings is 1. The average molecular weight is 351 g/mol. The maximum atomic E-state index is 13.3. The van der Waals surface area contributed by atoms with E-state index < -0.39 is 27.1 Å². The van der Waals surface area contributed by atoms with E-state index >= 15 is 0 Å². The Hall–Kier alpha value is -0.730. The Labute approximate surface area is 135 Å². The molecule has 1 aliphatic rings. The molecule has 2 rings (SSSR count). The Bertz CT molecular complexity index is 639. The van der Waals surface area contributed by atoms with Gasteiger partial charge in [0.25, 0.3) is 0 Å². The van der Waals surface area contributed by atoms with Crippen molar-refractivity contribution in [2.45, 2.75) is 25.1 Å². The number of nitrogens with zero attached hydrogens (tertiary/aromatic N) is 1. The maximum Gasteiger partial charge on any atom is 0.218 e. The van der Waals surface area contributed by atoms with Crippen LogP contribution in [0.3, 0.4) is 0 Å². The van der Waals surface area contributed by atoms with Gasteiger partial charge in [-0.3, -0.25) is 4.84 Å². The van der Waals surface area contributed by atoms with E-state index in [9.17, 15) is 12.8 Å². The van der Waals surface area contributed by atoms with Gasteiger partial charge in [-0.05, 0) is 23.6 Å². The zero-order chi connectivity index (χ0) is 16.5. The Morgan fingerprint density at radius 3 is 2.77 bits per heavy atom. The summed E-state index contributed by atoms with van der Waals surface area (Å²) in [6, 6.07) is 3.66. The number of hydrogen-bond donors (Lipinski definition) is 1. The maximum absolute atomic E-state index is 13.3. The third kappa shape index (κ3) is 3.78. The molecular weight excluding hydrogens is 331 g/mol. The van der Waals surface area contributed by atoms with E-state index in [0.29, 0.717) is 12.1 Å². The summed E-state index contributed by atoms with van der Waals surface area (Å²) in [5, 5.41) is 0.657. The van der Waals surface area contributed by atoms with Crippen molar-refractivity contribution in [2.24, 2.45) is 5.92 Å². The van der Waals surface area contributed by atoms with Crippen molar-refractivity contribution in [1.29, 1.82) is 0 Å². The number of sulfonamides is 1. The molecule has 22 heavy (non-hydrogen) atoms. The van der Waals surface area contributed by atoms with Crippen molar-refractivity contribution >= 4 is 21.6 Å². The van der Waals surface area contributed by atoms with Crippen molar-refractivity contribution < 1.29 is 17.6 Å². The summed E-state index contributed by atoms with van der Waals surface area (Å²) in [6.07, 6.45) is 0. The summed E-state index contributed by atoms with van der Waals surface area (Å²) in [5.74, 6) is -0.335. The van der Waals surface area contributed by atoms with E-state index in [1.807, 2.05) is 13.8 Å². The molecule has 0 aliphatic carbocycles. The number of hydroxylamine groups is 2. The van der Waals surface area contributed by atoms with Crippen molar-refractivity contribution in [2.75, 3.05) is 20.2 Å². The summed E-state index contributed by atoms with van der Waals surface area (Å²) in [5.41, 5.74) is 0.603. The summed E-state index contributed by atoms with van der Waals surface area (Å²) < 4.78 is 40.9. The third-order valence-electron chi connectivity index (χ3n) is 3.56. The highest BCUT2D eigenvalue weighted by Crippen LogP contribution is 2.34. The van der Waals surface area contributed by atoms with E-state index in [4.69, 9.17) is 16.4 Å². The van der Waals surface area contributed by atoms with Crippen LogP contribution in [0.25, 0.3) is 0 Å². The molecule has 2 unspecified atom stereocenters. The number of hydrogen-bond acceptors (Lipinski definition) is 4. The average Bonchev–Trinajstić information content (AvgIpc) is 2.82. The van der Waals surface area contributed by atoms with Crippen LogP contribution >= 0.6 is 11.6 Å². The Morgan fingerprint density at radius 2 is 2.18 bits per heavy atom. The molecule has 2 atom stereocenters. The Kier molecular flexibility index (Phi) is 5.45. The summed E-state index contributed by atoms with van der Waals surface area (Å²) in [7, 11) is -1.91. The quantitative estimate of drug-likeness (QED) is 0.885. The van der Waals surface area contributed by atoms with Crippen LogP contribution in [0.2, 0.25) is 5.02 Å². The topological polar surface area (TPSA) is 58.6 Å². The first-order chi connectivity index (χ1) is 10.2. The fourth-order valence-corrected chi connectivity index (χ4v) is 4.24. The molecule has 0 amide bonds. The third-order valence-corrected chi connectivity index (χ3v) is 5.61. The van der Waals surface area contributed by atoms with Crippen LogP contribution in [0.15, 0.2) is 18.2 Å². The summed E-state index contributed by atoms with van der Waals surface area (Å²) in [4.78, 5) is 5.37. The lowest BCUT2D eigenvalue weighted by atomic mass is 10.0. The smallest absolute Gasteiger partial charge is 0.218 e. The standard InChI is InChI=1S/C14H20ClFN2O3S/c1-9(2)7-17-22(19,20)13-8-21-18(3)14(13)10-4-5-12(16)11(15)6-10/h4-6,9,13-14,17H,7-8H2,1-3H3. The zero-order valence-electron chi connectivity index (χ0n) is 12.7. The van der Waals surface area contributed by atoms with Gasteiger partial charge < -0.3 is 0 Å². The molecule has 0 spiro atoms. The second-order valence-electron chi connectivity index (χ2n) is 5.79. The van der Waals surface area contributed by atoms with Gasteiger partial charge in [-0.25, -0.2) is 17.5 Å². The van der Waals surface area contributed by atoms with Gasteiger partial charge in [0.05, 0.1) is 17.7 Å². The van der Waals surface area contributed by atoms with Crippen molar-refractivity contribution in [3.63, 3.8) is 0 Å². The minimum Gasteiger partial charge on any atom is -0.297 e. The van der Waals surface area contributed by atoms with Gasteiger partial charge >= 0.3 is 0 Å². The van der Waals surface area contributed by atoms with Crippen LogP contribution in [-0.4, -0.2) is 38.9 Å². The number of nitrogens with one attached hydrogen (secondary N) is 1. The molecule has 8 heteroatoms. The van der Waals surface area contributed by atoms with Crippen LogP contribution in [0.4, 0.5) is 4.39 Å². The summed E-state index contributed by atoms with van der Waals surface area (Å²) in [6.45, 7) is 4.26. The van der Waals surface area contributed by atoms with Crippen molar-refractivity contribution in [3.8, 4) is 0 Å². The molecule has 0 saturated carbocycles. The minimum absolute atomic E-state index is 0.0379. The molecule has 124 valence electrons. The van der Waals surface area contributed by atoms with Crippen molar-refractivity contribution in [1.82, 2.24) is 9.79 Å². The lowest BCUT2D eigenvalue weighted by Crippen LogP contribution is -2.40. The van der Waals surface area contributed by atoms with E-state index in [1.165, 1.54) is 23.3 Å². The molecule has 0 aromatic heterocycles. The lowest BCUT2D eigenvalue weighted by molar-refractivity contribution is -0.110. The van der Waals surface area contributed by atoms with Gasteiger partial charge in [-0.1, -0.05) is 31.5 Å². The second kappa shape index (κ2) is 6.80. The normalized spacial score (nSPS) is 23.4. The monoisotopic (exact) mass is 350 g/mol. The van der Waals surface area contributed by atoms with E-state index in [0.717, 1.165) is 0 Å². The molecule has 0 bridgehead atoms. The SMILES string of the molecule is CC(C)CNS(=O)(=O)C1CON(C)C1c1ccc(F)c(Cl)c1. The largest absolute Gasteiger partial charge is 0.297 e. The predicted molar refractivity (Wildman–Crippen MR) is 83.4 cm³/mol. The fraction of sp³-hybridized carbons (Fsp3) is 0.571. The molecule has 1 aromatic carbocycles. The minimum atomic E-state index is -3.56. The highest BCUT2D eigenvalue weighted by atomic mass is 35.5. The molecular formula is C14H20ClFN2O3S. The van der Waals surface area contributed by atoms with E-state index in [2.05, 4.69) is 4.72 Å². The van der Waals surface area contributed by atoms with Crippen LogP contribution in [-0.2, 0) is 14.9 Å². The Balaban J connectivity index is 2.29. The van der Waals surface area contributed by atoms with Gasteiger partial charge in [0.1, 0.15) is 11.1 Å². The molecule has 1 N–H and O–H groups in total. The van der Waals surface area contributed by atoms with E-state index in [1.54, 1.807) is 7.05 Å². The Morgan fingerprint density at radius 1 is 1.50 bits per heavy atom. The van der Waals surface area contributed by atoms with Crippen LogP contribution in [0.1, 0.15) is 25.5 Å². The van der Waals surface area contributed by atoms with Gasteiger partial charge in [0, 0.05) is 13.6 Å². The molecule has 1 fully saturated rings. The molecule has 5 nitrogen and oxygen atoms in total. The highest BCUT2D eigenvalue weighted by Gasteiger charge is 2.43. The van der Waals surface area contributed by atoms with E-state index in [-0.39, 0.29) is 17.5 Å². The second-order valence-corrected chi connectivity index (χ2v) is 8.18. The molecule has 1 aliphatic heterocycles. The first-order valence-electron chi connectivity index (χ1n) is 7.01. The molecule has 1 heterocycles. The predicted octanol–water partition coefficient (Wildman–Crippen LogP) is 2.34. The number of halogens is 2. The zero-order valence-corrected chi connectivity index (χ0v) is 14.3. The first kappa shape index (κ1) is 17.6. The van der Waals surface area contributed by atoms with Crippen LogP contribution in [0, 0.1) is 11.7 Å². The molecule has 1 saturated heterocycles. The van der Waals surface area contributed by atoms with Crippen LogP contribution < -0.4 is 4.72 Å². The van der Waals surface area contributed by atoms with Gasteiger partial charge in [0.2, 0.25) is 10.0 Å². The van der Waals surface area contributed by atoms with Gasteiger partial charge in [-0.15, -0.1) is 0 Å². The van der Waals surface area contributed by atoms with Crippen LogP contribution in [0.5, 0.6) is 0 Å². The highest BCUT2D eigenvalue weighted by molar-refractivity contribution is 7.90. The van der Waals surface area contributed by atoms with Gasteiger partial charge in [-0.2, -0.15) is 5.06 Å². The lowest BCUT2D eigenvalue weighted by Gasteiger charge is -2.23. The van der Waals surface area contributed by atoms with Gasteiger partial charge in [0.15, 0.2) is 0 Å². The number of rotatable bonds is 5. The summed E-state index contributed by atoms with van der Waals surface area (Å²) >= 11 is 5.81. The molecule has 0 radical (unpaired) electrons. The molecule has 1 aromatic rings. The van der Waals surface area contributed by atoms with Crippen molar-refractivity contribution in [3.05, 3.63) is 34.6 Å². The fourth-order valence-electron chi connectivity index (χ4n) is 2.37.